The molecule has 1 aromatic carbocycles. The maximum absolute atomic E-state index is 11.8. The van der Waals surface area contributed by atoms with Crippen LogP contribution in [-0.2, 0) is 11.3 Å². The van der Waals surface area contributed by atoms with Gasteiger partial charge in [-0.3, -0.25) is 4.79 Å². The SMILES string of the molecule is Cc1ccc(CNC(=O)C(C)CN)c(OCC2CC2)c1. The molecule has 0 aromatic heterocycles. The lowest BCUT2D eigenvalue weighted by Gasteiger charge is -2.14. The van der Waals surface area contributed by atoms with Gasteiger partial charge >= 0.3 is 0 Å². The zero-order valence-electron chi connectivity index (χ0n) is 12.3. The molecular weight excluding hydrogens is 252 g/mol. The first-order valence-corrected chi connectivity index (χ1v) is 7.30. The number of amides is 1. The van der Waals surface area contributed by atoms with Crippen LogP contribution in [0.25, 0.3) is 0 Å². The van der Waals surface area contributed by atoms with Gasteiger partial charge in [0.05, 0.1) is 6.61 Å². The molecule has 0 saturated heterocycles. The molecule has 1 aromatic rings. The van der Waals surface area contributed by atoms with Crippen molar-refractivity contribution in [3.63, 3.8) is 0 Å². The van der Waals surface area contributed by atoms with Crippen LogP contribution in [0.1, 0.15) is 30.9 Å². The first kappa shape index (κ1) is 14.9. The molecule has 1 unspecified atom stereocenters. The van der Waals surface area contributed by atoms with Gasteiger partial charge in [-0.25, -0.2) is 0 Å². The van der Waals surface area contributed by atoms with Gasteiger partial charge in [-0.2, -0.15) is 0 Å². The molecule has 0 aliphatic heterocycles. The van der Waals surface area contributed by atoms with Gasteiger partial charge in [0.15, 0.2) is 0 Å². The molecule has 1 fully saturated rings. The second-order valence-corrected chi connectivity index (χ2v) is 5.72. The summed E-state index contributed by atoms with van der Waals surface area (Å²) in [5, 5.41) is 2.91. The van der Waals surface area contributed by atoms with Crippen molar-refractivity contribution in [2.75, 3.05) is 13.2 Å². The van der Waals surface area contributed by atoms with Crippen molar-refractivity contribution < 1.29 is 9.53 Å². The Labute approximate surface area is 120 Å². The summed E-state index contributed by atoms with van der Waals surface area (Å²) in [5.41, 5.74) is 7.68. The summed E-state index contributed by atoms with van der Waals surface area (Å²) in [6, 6.07) is 6.10. The third-order valence-electron chi connectivity index (χ3n) is 3.65. The van der Waals surface area contributed by atoms with Crippen molar-refractivity contribution in [1.29, 1.82) is 0 Å². The zero-order valence-corrected chi connectivity index (χ0v) is 12.3. The molecule has 2 rings (SSSR count). The van der Waals surface area contributed by atoms with Crippen molar-refractivity contribution in [3.8, 4) is 5.75 Å². The Kier molecular flexibility index (Phi) is 5.01. The van der Waals surface area contributed by atoms with Gasteiger partial charge < -0.3 is 15.8 Å². The fourth-order valence-electron chi connectivity index (χ4n) is 1.90. The summed E-state index contributed by atoms with van der Waals surface area (Å²) in [7, 11) is 0. The number of nitrogens with two attached hydrogens (primary N) is 1. The molecule has 4 nitrogen and oxygen atoms in total. The largest absolute Gasteiger partial charge is 0.493 e. The van der Waals surface area contributed by atoms with E-state index in [1.807, 2.05) is 32.0 Å². The molecule has 20 heavy (non-hydrogen) atoms. The lowest BCUT2D eigenvalue weighted by molar-refractivity contribution is -0.124. The molecule has 1 amide bonds. The van der Waals surface area contributed by atoms with Crippen LogP contribution in [0.2, 0.25) is 0 Å². The van der Waals surface area contributed by atoms with Gasteiger partial charge in [0.25, 0.3) is 0 Å². The minimum atomic E-state index is -0.156. The van der Waals surface area contributed by atoms with Crippen molar-refractivity contribution in [3.05, 3.63) is 29.3 Å². The van der Waals surface area contributed by atoms with E-state index in [9.17, 15) is 4.79 Å². The smallest absolute Gasteiger partial charge is 0.224 e. The monoisotopic (exact) mass is 276 g/mol. The highest BCUT2D eigenvalue weighted by atomic mass is 16.5. The Morgan fingerprint density at radius 1 is 1.50 bits per heavy atom. The molecule has 1 saturated carbocycles. The normalized spacial score (nSPS) is 15.8. The van der Waals surface area contributed by atoms with E-state index in [1.165, 1.54) is 18.4 Å². The molecule has 0 spiro atoms. The fourth-order valence-corrected chi connectivity index (χ4v) is 1.90. The van der Waals surface area contributed by atoms with Gasteiger partial charge in [0.2, 0.25) is 5.91 Å². The molecule has 1 aliphatic carbocycles. The molecule has 0 heterocycles. The number of hydrogen-bond donors (Lipinski definition) is 2. The maximum Gasteiger partial charge on any atom is 0.224 e. The zero-order chi connectivity index (χ0) is 14.5. The highest BCUT2D eigenvalue weighted by molar-refractivity contribution is 5.78. The Morgan fingerprint density at radius 2 is 2.25 bits per heavy atom. The molecular formula is C16H24N2O2. The average molecular weight is 276 g/mol. The fraction of sp³-hybridized carbons (Fsp3) is 0.562. The number of aryl methyl sites for hydroxylation is 1. The predicted octanol–water partition coefficient (Wildman–Crippen LogP) is 1.99. The minimum Gasteiger partial charge on any atom is -0.493 e. The van der Waals surface area contributed by atoms with Crippen molar-refractivity contribution in [2.45, 2.75) is 33.2 Å². The lowest BCUT2D eigenvalue weighted by atomic mass is 10.1. The first-order valence-electron chi connectivity index (χ1n) is 7.30. The van der Waals surface area contributed by atoms with E-state index in [-0.39, 0.29) is 11.8 Å². The number of carbonyl (C=O) groups excluding carboxylic acids is 1. The van der Waals surface area contributed by atoms with Crippen LogP contribution in [0.4, 0.5) is 0 Å². The van der Waals surface area contributed by atoms with Gasteiger partial charge in [-0.1, -0.05) is 19.1 Å². The highest BCUT2D eigenvalue weighted by Gasteiger charge is 2.22. The molecule has 1 aliphatic rings. The molecule has 0 radical (unpaired) electrons. The van der Waals surface area contributed by atoms with E-state index in [1.54, 1.807) is 0 Å². The van der Waals surface area contributed by atoms with Crippen LogP contribution in [0.15, 0.2) is 18.2 Å². The van der Waals surface area contributed by atoms with E-state index in [0.29, 0.717) is 13.1 Å². The number of nitrogens with one attached hydrogen (secondary N) is 1. The van der Waals surface area contributed by atoms with Crippen LogP contribution in [-0.4, -0.2) is 19.1 Å². The van der Waals surface area contributed by atoms with E-state index in [4.69, 9.17) is 10.5 Å². The van der Waals surface area contributed by atoms with Gasteiger partial charge in [-0.05, 0) is 37.3 Å². The minimum absolute atomic E-state index is 0.0128. The van der Waals surface area contributed by atoms with Crippen molar-refractivity contribution in [1.82, 2.24) is 5.32 Å². The van der Waals surface area contributed by atoms with Crippen LogP contribution in [0.3, 0.4) is 0 Å². The van der Waals surface area contributed by atoms with E-state index in [2.05, 4.69) is 5.32 Å². The van der Waals surface area contributed by atoms with Crippen LogP contribution in [0.5, 0.6) is 5.75 Å². The second kappa shape index (κ2) is 6.75. The Hall–Kier alpha value is -1.55. The highest BCUT2D eigenvalue weighted by Crippen LogP contribution is 2.30. The van der Waals surface area contributed by atoms with Crippen LogP contribution < -0.4 is 15.8 Å². The summed E-state index contributed by atoms with van der Waals surface area (Å²) in [4.78, 5) is 11.8. The van der Waals surface area contributed by atoms with E-state index >= 15 is 0 Å². The van der Waals surface area contributed by atoms with Crippen LogP contribution in [0, 0.1) is 18.8 Å². The Balaban J connectivity index is 1.96. The molecule has 0 bridgehead atoms. The summed E-state index contributed by atoms with van der Waals surface area (Å²) in [6.07, 6.45) is 2.54. The number of benzene rings is 1. The first-order chi connectivity index (χ1) is 9.60. The molecule has 110 valence electrons. The summed E-state index contributed by atoms with van der Waals surface area (Å²) in [6.45, 7) is 5.51. The topological polar surface area (TPSA) is 64.4 Å². The number of hydrogen-bond acceptors (Lipinski definition) is 3. The molecule has 4 heteroatoms. The van der Waals surface area contributed by atoms with Gasteiger partial charge in [0.1, 0.15) is 5.75 Å². The van der Waals surface area contributed by atoms with Gasteiger partial charge in [0, 0.05) is 24.6 Å². The quantitative estimate of drug-likeness (QED) is 0.800. The number of carbonyl (C=O) groups is 1. The Bertz CT molecular complexity index is 470. The number of rotatable bonds is 7. The third-order valence-corrected chi connectivity index (χ3v) is 3.65. The van der Waals surface area contributed by atoms with E-state index in [0.717, 1.165) is 23.8 Å². The predicted molar refractivity (Wildman–Crippen MR) is 79.5 cm³/mol. The summed E-state index contributed by atoms with van der Waals surface area (Å²) < 4.78 is 5.89. The standard InChI is InChI=1S/C16H24N2O2/c1-11-3-6-14(9-18-16(19)12(2)8-17)15(7-11)20-10-13-4-5-13/h3,6-7,12-13H,4-5,8-10,17H2,1-2H3,(H,18,19). The maximum atomic E-state index is 11.8. The lowest BCUT2D eigenvalue weighted by Crippen LogP contribution is -2.32. The second-order valence-electron chi connectivity index (χ2n) is 5.72. The average Bonchev–Trinajstić information content (AvgIpc) is 3.27. The summed E-state index contributed by atoms with van der Waals surface area (Å²) in [5.74, 6) is 1.44. The number of ether oxygens (including phenoxy) is 1. The molecule has 1 atom stereocenters. The van der Waals surface area contributed by atoms with Crippen molar-refractivity contribution in [2.24, 2.45) is 17.6 Å². The Morgan fingerprint density at radius 3 is 2.90 bits per heavy atom. The van der Waals surface area contributed by atoms with Gasteiger partial charge in [-0.15, -0.1) is 0 Å². The van der Waals surface area contributed by atoms with E-state index < -0.39 is 0 Å². The third kappa shape index (κ3) is 4.23. The summed E-state index contributed by atoms with van der Waals surface area (Å²) >= 11 is 0. The molecule has 3 N–H and O–H groups in total. The van der Waals surface area contributed by atoms with Crippen molar-refractivity contribution >= 4 is 5.91 Å². The van der Waals surface area contributed by atoms with Crippen LogP contribution >= 0.6 is 0 Å².